The molecule has 3 aromatic carbocycles. The predicted molar refractivity (Wildman–Crippen MR) is 124 cm³/mol. The fraction of sp³-hybridized carbons (Fsp3) is 0.120. The zero-order valence-corrected chi connectivity index (χ0v) is 18.1. The molecule has 1 atom stereocenters. The number of phenolic OH excluding ortho intramolecular Hbond substituents is 1. The SMILES string of the molecule is CC(CO)(NC(=O)c1cc(-c2ccccc2Cl)n(-c2ccccc2)n1)c1ccc(O)cc1. The molecule has 3 N–H and O–H groups in total. The Balaban J connectivity index is 1.74. The predicted octanol–water partition coefficient (Wildman–Crippen LogP) is 4.54. The van der Waals surface area contributed by atoms with E-state index in [9.17, 15) is 15.0 Å². The van der Waals surface area contributed by atoms with Crippen molar-refractivity contribution >= 4 is 17.5 Å². The van der Waals surface area contributed by atoms with Crippen LogP contribution in [-0.2, 0) is 5.54 Å². The van der Waals surface area contributed by atoms with Crippen LogP contribution in [0, 0.1) is 0 Å². The number of carbonyl (C=O) groups excluding carboxylic acids is 1. The number of benzene rings is 3. The second-order valence-electron chi connectivity index (χ2n) is 7.63. The summed E-state index contributed by atoms with van der Waals surface area (Å²) in [6.07, 6.45) is 0. The van der Waals surface area contributed by atoms with Gasteiger partial charge in [-0.05, 0) is 48.9 Å². The molecule has 4 rings (SSSR count). The highest BCUT2D eigenvalue weighted by Crippen LogP contribution is 2.31. The molecule has 0 saturated heterocycles. The number of aliphatic hydroxyl groups excluding tert-OH is 1. The summed E-state index contributed by atoms with van der Waals surface area (Å²) in [7, 11) is 0. The molecule has 6 nitrogen and oxygen atoms in total. The zero-order chi connectivity index (χ0) is 22.7. The van der Waals surface area contributed by atoms with Crippen LogP contribution < -0.4 is 5.32 Å². The summed E-state index contributed by atoms with van der Waals surface area (Å²) in [6, 6.07) is 24.8. The number of aromatic hydroxyl groups is 1. The Bertz CT molecular complexity index is 1240. The van der Waals surface area contributed by atoms with Crippen molar-refractivity contribution in [2.24, 2.45) is 0 Å². The van der Waals surface area contributed by atoms with Crippen LogP contribution in [0.1, 0.15) is 23.0 Å². The molecular weight excluding hydrogens is 426 g/mol. The van der Waals surface area contributed by atoms with Gasteiger partial charge in [0.2, 0.25) is 0 Å². The Labute approximate surface area is 190 Å². The number of nitrogens with zero attached hydrogens (tertiary/aromatic N) is 2. The smallest absolute Gasteiger partial charge is 0.272 e. The molecule has 1 amide bonds. The van der Waals surface area contributed by atoms with E-state index in [0.29, 0.717) is 16.3 Å². The second kappa shape index (κ2) is 8.86. The van der Waals surface area contributed by atoms with Gasteiger partial charge in [-0.2, -0.15) is 5.10 Å². The molecule has 0 saturated carbocycles. The van der Waals surface area contributed by atoms with Crippen LogP contribution in [-0.4, -0.2) is 32.5 Å². The third kappa shape index (κ3) is 4.23. The molecule has 4 aromatic rings. The molecule has 0 spiro atoms. The van der Waals surface area contributed by atoms with Gasteiger partial charge in [-0.1, -0.05) is 60.1 Å². The lowest BCUT2D eigenvalue weighted by molar-refractivity contribution is 0.0844. The number of nitrogens with one attached hydrogen (secondary N) is 1. The van der Waals surface area contributed by atoms with Crippen molar-refractivity contribution in [3.05, 3.63) is 101 Å². The summed E-state index contributed by atoms with van der Waals surface area (Å²) in [4.78, 5) is 13.2. The number of aromatic nitrogens is 2. The molecule has 7 heteroatoms. The third-order valence-corrected chi connectivity index (χ3v) is 5.63. The molecule has 0 fully saturated rings. The highest BCUT2D eigenvalue weighted by Gasteiger charge is 2.30. The van der Waals surface area contributed by atoms with Crippen LogP contribution >= 0.6 is 11.6 Å². The van der Waals surface area contributed by atoms with E-state index in [4.69, 9.17) is 11.6 Å². The Morgan fingerprint density at radius 2 is 1.69 bits per heavy atom. The molecule has 1 heterocycles. The molecule has 0 radical (unpaired) electrons. The minimum atomic E-state index is -1.06. The molecule has 0 aliphatic rings. The van der Waals surface area contributed by atoms with Gasteiger partial charge in [-0.15, -0.1) is 0 Å². The van der Waals surface area contributed by atoms with Gasteiger partial charge in [0.25, 0.3) is 5.91 Å². The summed E-state index contributed by atoms with van der Waals surface area (Å²) >= 11 is 6.43. The lowest BCUT2D eigenvalue weighted by atomic mass is 9.92. The van der Waals surface area contributed by atoms with Crippen LogP contribution in [0.2, 0.25) is 5.02 Å². The highest BCUT2D eigenvalue weighted by atomic mass is 35.5. The maximum absolute atomic E-state index is 13.2. The summed E-state index contributed by atoms with van der Waals surface area (Å²) < 4.78 is 1.67. The van der Waals surface area contributed by atoms with Crippen molar-refractivity contribution in [1.82, 2.24) is 15.1 Å². The second-order valence-corrected chi connectivity index (χ2v) is 8.04. The number of aliphatic hydroxyl groups is 1. The normalized spacial score (nSPS) is 12.8. The molecule has 162 valence electrons. The molecular formula is C25H22ClN3O3. The number of hydrogen-bond acceptors (Lipinski definition) is 4. The number of amides is 1. The van der Waals surface area contributed by atoms with Crippen LogP contribution in [0.5, 0.6) is 5.75 Å². The molecule has 1 aromatic heterocycles. The van der Waals surface area contributed by atoms with Crippen molar-refractivity contribution in [3.63, 3.8) is 0 Å². The van der Waals surface area contributed by atoms with Gasteiger partial charge in [-0.3, -0.25) is 4.79 Å². The van der Waals surface area contributed by atoms with Gasteiger partial charge in [0.05, 0.1) is 23.5 Å². The maximum Gasteiger partial charge on any atom is 0.272 e. The summed E-state index contributed by atoms with van der Waals surface area (Å²) in [5, 5.41) is 27.6. The number of para-hydroxylation sites is 1. The molecule has 0 aliphatic carbocycles. The Morgan fingerprint density at radius 3 is 2.34 bits per heavy atom. The zero-order valence-electron chi connectivity index (χ0n) is 17.4. The van der Waals surface area contributed by atoms with E-state index in [2.05, 4.69) is 10.4 Å². The van der Waals surface area contributed by atoms with Gasteiger partial charge in [0.1, 0.15) is 5.75 Å². The number of hydrogen-bond donors (Lipinski definition) is 3. The van der Waals surface area contributed by atoms with Crippen molar-refractivity contribution in [2.45, 2.75) is 12.5 Å². The van der Waals surface area contributed by atoms with Crippen LogP contribution in [0.15, 0.2) is 84.9 Å². The van der Waals surface area contributed by atoms with E-state index in [0.717, 1.165) is 11.3 Å². The maximum atomic E-state index is 13.2. The standard InChI is InChI=1S/C25H22ClN3O3/c1-25(16-30,17-11-13-19(31)14-12-17)27-24(32)22-15-23(20-9-5-6-10-21(20)26)29(28-22)18-7-3-2-4-8-18/h2-15,30-31H,16H2,1H3,(H,27,32). The largest absolute Gasteiger partial charge is 0.508 e. The lowest BCUT2D eigenvalue weighted by Gasteiger charge is -2.29. The van der Waals surface area contributed by atoms with Crippen molar-refractivity contribution < 1.29 is 15.0 Å². The van der Waals surface area contributed by atoms with E-state index in [1.54, 1.807) is 35.9 Å². The van der Waals surface area contributed by atoms with Crippen LogP contribution in [0.25, 0.3) is 16.9 Å². The third-order valence-electron chi connectivity index (χ3n) is 5.30. The van der Waals surface area contributed by atoms with E-state index in [1.165, 1.54) is 12.1 Å². The number of phenols is 1. The molecule has 1 unspecified atom stereocenters. The fourth-order valence-corrected chi connectivity index (χ4v) is 3.70. The first-order valence-electron chi connectivity index (χ1n) is 10.0. The van der Waals surface area contributed by atoms with Gasteiger partial charge in [0.15, 0.2) is 5.69 Å². The first-order chi connectivity index (χ1) is 15.4. The topological polar surface area (TPSA) is 87.4 Å². The first kappa shape index (κ1) is 21.6. The number of halogens is 1. The molecule has 0 bridgehead atoms. The highest BCUT2D eigenvalue weighted by molar-refractivity contribution is 6.33. The average Bonchev–Trinajstić information content (AvgIpc) is 3.26. The van der Waals surface area contributed by atoms with Gasteiger partial charge in [-0.25, -0.2) is 4.68 Å². The quantitative estimate of drug-likeness (QED) is 0.405. The van der Waals surface area contributed by atoms with E-state index >= 15 is 0 Å². The summed E-state index contributed by atoms with van der Waals surface area (Å²) in [6.45, 7) is 1.38. The van der Waals surface area contributed by atoms with Gasteiger partial charge >= 0.3 is 0 Å². The molecule has 0 aliphatic heterocycles. The van der Waals surface area contributed by atoms with E-state index < -0.39 is 11.4 Å². The molecule has 32 heavy (non-hydrogen) atoms. The van der Waals surface area contributed by atoms with Crippen molar-refractivity contribution in [3.8, 4) is 22.7 Å². The number of rotatable bonds is 6. The average molecular weight is 448 g/mol. The summed E-state index contributed by atoms with van der Waals surface area (Å²) in [5.74, 6) is -0.344. The minimum Gasteiger partial charge on any atom is -0.508 e. The first-order valence-corrected chi connectivity index (χ1v) is 10.4. The Hall–Kier alpha value is -3.61. The lowest BCUT2D eigenvalue weighted by Crippen LogP contribution is -2.46. The van der Waals surface area contributed by atoms with Crippen molar-refractivity contribution in [1.29, 1.82) is 0 Å². The monoisotopic (exact) mass is 447 g/mol. The van der Waals surface area contributed by atoms with Gasteiger partial charge in [0, 0.05) is 10.6 Å². The van der Waals surface area contributed by atoms with Gasteiger partial charge < -0.3 is 15.5 Å². The van der Waals surface area contributed by atoms with E-state index in [1.807, 2.05) is 48.5 Å². The summed E-state index contributed by atoms with van der Waals surface area (Å²) in [5.41, 5.74) is 1.97. The van der Waals surface area contributed by atoms with Crippen LogP contribution in [0.4, 0.5) is 0 Å². The Kier molecular flexibility index (Phi) is 5.99. The van der Waals surface area contributed by atoms with Crippen LogP contribution in [0.3, 0.4) is 0 Å². The van der Waals surface area contributed by atoms with Crippen molar-refractivity contribution in [2.75, 3.05) is 6.61 Å². The minimum absolute atomic E-state index is 0.103. The number of carbonyl (C=O) groups is 1. The fourth-order valence-electron chi connectivity index (χ4n) is 3.47. The van der Waals surface area contributed by atoms with E-state index in [-0.39, 0.29) is 18.1 Å². The Morgan fingerprint density at radius 1 is 1.03 bits per heavy atom.